The molecule has 2 aliphatic rings. The Kier molecular flexibility index (Phi) is 5.09. The van der Waals surface area contributed by atoms with Gasteiger partial charge in [0.15, 0.2) is 23.0 Å². The van der Waals surface area contributed by atoms with Gasteiger partial charge in [-0.2, -0.15) is 23.0 Å². The van der Waals surface area contributed by atoms with Crippen molar-refractivity contribution < 1.29 is 22.6 Å². The molecular formula is C19H15ClF3N5O2S. The summed E-state index contributed by atoms with van der Waals surface area (Å²) in [6.07, 6.45) is 0.118. The minimum Gasteiger partial charge on any atom is -0.454 e. The summed E-state index contributed by atoms with van der Waals surface area (Å²) in [5, 5.41) is 4.00. The number of benzene rings is 1. The Bertz CT molecular complexity index is 1180. The van der Waals surface area contributed by atoms with Gasteiger partial charge in [0, 0.05) is 23.9 Å². The van der Waals surface area contributed by atoms with Crippen LogP contribution in [0.1, 0.15) is 18.5 Å². The van der Waals surface area contributed by atoms with Gasteiger partial charge < -0.3 is 9.47 Å². The highest BCUT2D eigenvalue weighted by molar-refractivity contribution is 7.87. The molecule has 2 aromatic heterocycles. The summed E-state index contributed by atoms with van der Waals surface area (Å²) in [6, 6.07) is 4.45. The Labute approximate surface area is 182 Å². The molecule has 0 atom stereocenters. The van der Waals surface area contributed by atoms with Gasteiger partial charge in [0.05, 0.1) is 10.6 Å². The van der Waals surface area contributed by atoms with Crippen LogP contribution in [0.15, 0.2) is 35.0 Å². The Hall–Kier alpha value is -2.66. The van der Waals surface area contributed by atoms with Gasteiger partial charge in [-0.15, -0.1) is 0 Å². The zero-order valence-electron chi connectivity index (χ0n) is 15.9. The van der Waals surface area contributed by atoms with E-state index in [1.807, 2.05) is 0 Å². The monoisotopic (exact) mass is 469 g/mol. The lowest BCUT2D eigenvalue weighted by Gasteiger charge is -2.10. The van der Waals surface area contributed by atoms with E-state index in [0.29, 0.717) is 5.75 Å². The van der Waals surface area contributed by atoms with Gasteiger partial charge in [-0.1, -0.05) is 22.3 Å². The minimum atomic E-state index is -4.73. The van der Waals surface area contributed by atoms with E-state index in [9.17, 15) is 13.2 Å². The number of fused-ring (bicyclic) bond motifs is 1. The third-order valence-corrected chi connectivity index (χ3v) is 7.04. The molecule has 4 heterocycles. The summed E-state index contributed by atoms with van der Waals surface area (Å²) in [5.41, 5.74) is -1.08. The first-order valence-electron chi connectivity index (χ1n) is 9.38. The van der Waals surface area contributed by atoms with E-state index in [0.717, 1.165) is 29.0 Å². The second-order valence-electron chi connectivity index (χ2n) is 6.87. The van der Waals surface area contributed by atoms with Crippen molar-refractivity contribution in [1.82, 2.24) is 19.7 Å². The van der Waals surface area contributed by atoms with Crippen molar-refractivity contribution in [3.63, 3.8) is 0 Å². The Morgan fingerprint density at radius 1 is 1.10 bits per heavy atom. The fraction of sp³-hybridized carbons (Fsp3) is 0.316. The number of nitrogens with zero attached hydrogens (tertiary/aromatic N) is 5. The summed E-state index contributed by atoms with van der Waals surface area (Å²) in [6.45, 7) is -0.0531. The molecule has 2 aliphatic heterocycles. The molecular weight excluding hydrogens is 455 g/mol. The van der Waals surface area contributed by atoms with Crippen LogP contribution in [-0.2, 0) is 16.9 Å². The molecule has 0 spiro atoms. The van der Waals surface area contributed by atoms with Crippen molar-refractivity contribution in [2.75, 3.05) is 18.3 Å². The van der Waals surface area contributed by atoms with Crippen LogP contribution in [0, 0.1) is 0 Å². The highest BCUT2D eigenvalue weighted by atomic mass is 35.5. The molecule has 0 saturated carbocycles. The SMILES string of the molecule is FC(F)(F)c1nn(-c2ncccn2)c(N=S2CCCC2)c1-c1cc(Cl)c2c(c1)OCO2. The Morgan fingerprint density at radius 2 is 1.84 bits per heavy atom. The molecule has 31 heavy (non-hydrogen) atoms. The highest BCUT2D eigenvalue weighted by Gasteiger charge is 2.41. The predicted molar refractivity (Wildman–Crippen MR) is 109 cm³/mol. The average molecular weight is 470 g/mol. The quantitative estimate of drug-likeness (QED) is 0.542. The van der Waals surface area contributed by atoms with E-state index >= 15 is 0 Å². The number of aromatic nitrogens is 4. The van der Waals surface area contributed by atoms with Crippen LogP contribution in [0.5, 0.6) is 11.5 Å². The molecule has 1 saturated heterocycles. The van der Waals surface area contributed by atoms with Gasteiger partial charge in [-0.05, 0) is 36.6 Å². The summed E-state index contributed by atoms with van der Waals surface area (Å²) in [4.78, 5) is 8.17. The minimum absolute atomic E-state index is 0.00707. The number of alkyl halides is 3. The van der Waals surface area contributed by atoms with Crippen LogP contribution in [-0.4, -0.2) is 38.0 Å². The first-order valence-corrected chi connectivity index (χ1v) is 11.3. The largest absolute Gasteiger partial charge is 0.454 e. The normalized spacial score (nSPS) is 16.1. The van der Waals surface area contributed by atoms with Gasteiger partial charge in [-0.3, -0.25) is 0 Å². The van der Waals surface area contributed by atoms with Gasteiger partial charge in [0.2, 0.25) is 6.79 Å². The lowest BCUT2D eigenvalue weighted by molar-refractivity contribution is -0.140. The third kappa shape index (κ3) is 3.76. The number of hydrogen-bond donors (Lipinski definition) is 0. The van der Waals surface area contributed by atoms with Gasteiger partial charge in [0.25, 0.3) is 5.95 Å². The van der Waals surface area contributed by atoms with Crippen molar-refractivity contribution in [3.05, 3.63) is 41.3 Å². The number of halogens is 4. The lowest BCUT2D eigenvalue weighted by atomic mass is 10.0. The summed E-state index contributed by atoms with van der Waals surface area (Å²) >= 11 is 6.27. The van der Waals surface area contributed by atoms with Gasteiger partial charge in [0.1, 0.15) is 0 Å². The number of hydrogen-bond acceptors (Lipinski definition) is 6. The maximum Gasteiger partial charge on any atom is 0.435 e. The van der Waals surface area contributed by atoms with E-state index in [1.165, 1.54) is 24.5 Å². The molecule has 0 amide bonds. The highest BCUT2D eigenvalue weighted by Crippen LogP contribution is 2.48. The molecule has 0 unspecified atom stereocenters. The molecule has 1 fully saturated rings. The Morgan fingerprint density at radius 3 is 2.55 bits per heavy atom. The molecule has 12 heteroatoms. The smallest absolute Gasteiger partial charge is 0.435 e. The van der Waals surface area contributed by atoms with Crippen molar-refractivity contribution in [2.24, 2.45) is 4.36 Å². The second kappa shape index (κ2) is 7.79. The molecule has 3 aromatic rings. The molecule has 0 bridgehead atoms. The maximum absolute atomic E-state index is 14.1. The van der Waals surface area contributed by atoms with Gasteiger partial charge in [-0.25, -0.2) is 14.3 Å². The fourth-order valence-corrected chi connectivity index (χ4v) is 5.60. The summed E-state index contributed by atoms with van der Waals surface area (Å²) in [5.74, 6) is 2.28. The zero-order valence-corrected chi connectivity index (χ0v) is 17.5. The predicted octanol–water partition coefficient (Wildman–Crippen LogP) is 4.96. The van der Waals surface area contributed by atoms with Crippen molar-refractivity contribution in [1.29, 1.82) is 0 Å². The molecule has 7 nitrogen and oxygen atoms in total. The fourth-order valence-electron chi connectivity index (χ4n) is 3.46. The molecule has 0 N–H and O–H groups in total. The van der Waals surface area contributed by atoms with Gasteiger partial charge >= 0.3 is 6.18 Å². The summed E-state index contributed by atoms with van der Waals surface area (Å²) in [7, 11) is -0.412. The zero-order chi connectivity index (χ0) is 21.6. The topological polar surface area (TPSA) is 74.4 Å². The summed E-state index contributed by atoms with van der Waals surface area (Å²) < 4.78 is 58.7. The van der Waals surface area contributed by atoms with Crippen LogP contribution in [0.2, 0.25) is 5.02 Å². The standard InChI is InChI=1S/C19H15ClF3N5O2S/c20-12-8-11(9-13-15(12)30-10-29-13)14-16(19(21,22)23)26-28(18-24-4-3-5-25-18)17(14)27-31-6-1-2-7-31/h3-5,8-9H,1-2,6-7,10H2. The van der Waals surface area contributed by atoms with E-state index in [-0.39, 0.29) is 40.5 Å². The van der Waals surface area contributed by atoms with E-state index in [1.54, 1.807) is 6.07 Å². The molecule has 1 aromatic carbocycles. The first-order chi connectivity index (χ1) is 14.9. The van der Waals surface area contributed by atoms with Crippen LogP contribution < -0.4 is 9.47 Å². The number of ether oxygens (including phenoxy) is 2. The van der Waals surface area contributed by atoms with Crippen molar-refractivity contribution >= 4 is 28.1 Å². The molecule has 5 rings (SSSR count). The van der Waals surface area contributed by atoms with Crippen molar-refractivity contribution in [3.8, 4) is 28.6 Å². The maximum atomic E-state index is 14.1. The van der Waals surface area contributed by atoms with Crippen LogP contribution in [0.4, 0.5) is 19.0 Å². The first kappa shape index (κ1) is 20.3. The Balaban J connectivity index is 1.81. The molecule has 0 radical (unpaired) electrons. The average Bonchev–Trinajstić information content (AvgIpc) is 3.48. The second-order valence-corrected chi connectivity index (χ2v) is 9.20. The van der Waals surface area contributed by atoms with E-state index in [2.05, 4.69) is 15.1 Å². The number of rotatable bonds is 3. The molecule has 0 aliphatic carbocycles. The lowest BCUT2D eigenvalue weighted by Crippen LogP contribution is -2.09. The third-order valence-electron chi connectivity index (χ3n) is 4.81. The van der Waals surface area contributed by atoms with E-state index < -0.39 is 22.6 Å². The van der Waals surface area contributed by atoms with Crippen LogP contribution >= 0.6 is 11.6 Å². The molecule has 162 valence electrons. The van der Waals surface area contributed by atoms with Crippen LogP contribution in [0.3, 0.4) is 0 Å². The van der Waals surface area contributed by atoms with Crippen LogP contribution in [0.25, 0.3) is 17.1 Å². The van der Waals surface area contributed by atoms with E-state index in [4.69, 9.17) is 25.4 Å². The van der Waals surface area contributed by atoms with Crippen molar-refractivity contribution in [2.45, 2.75) is 19.0 Å².